The van der Waals surface area contributed by atoms with Gasteiger partial charge in [0.15, 0.2) is 0 Å². The summed E-state index contributed by atoms with van der Waals surface area (Å²) in [5, 5.41) is 0. The van der Waals surface area contributed by atoms with E-state index in [2.05, 4.69) is 15.9 Å². The molecule has 0 aromatic rings. The fraction of sp³-hybridized carbons (Fsp3) is 0.857. The lowest BCUT2D eigenvalue weighted by atomic mass is 10.2. The van der Waals surface area contributed by atoms with Gasteiger partial charge in [-0.25, -0.2) is 0 Å². The van der Waals surface area contributed by atoms with Crippen LogP contribution in [0.1, 0.15) is 25.7 Å². The van der Waals surface area contributed by atoms with Crippen molar-refractivity contribution in [3.05, 3.63) is 0 Å². The van der Waals surface area contributed by atoms with Crippen LogP contribution in [0.25, 0.3) is 0 Å². The van der Waals surface area contributed by atoms with Crippen LogP contribution in [-0.4, -0.2) is 22.8 Å². The molecule has 0 aromatic carbocycles. The van der Waals surface area contributed by atoms with Gasteiger partial charge in [-0.3, -0.25) is 4.79 Å². The Balaban J connectivity index is 2.39. The average Bonchev–Trinajstić information content (AvgIpc) is 2.36. The summed E-state index contributed by atoms with van der Waals surface area (Å²) in [6.07, 6.45) is 4.90. The Bertz CT molecular complexity index is 132. The highest BCUT2D eigenvalue weighted by Gasteiger charge is 2.21. The van der Waals surface area contributed by atoms with Crippen LogP contribution in [0.2, 0.25) is 0 Å². The van der Waals surface area contributed by atoms with E-state index >= 15 is 0 Å². The summed E-state index contributed by atoms with van der Waals surface area (Å²) >= 11 is 2.94. The van der Waals surface area contributed by atoms with Crippen LogP contribution >= 0.6 is 15.9 Å². The number of halogens is 1. The van der Waals surface area contributed by atoms with Crippen molar-refractivity contribution in [3.63, 3.8) is 0 Å². The summed E-state index contributed by atoms with van der Waals surface area (Å²) in [6, 6.07) is 0.492. The van der Waals surface area contributed by atoms with Crippen LogP contribution in [0.4, 0.5) is 4.79 Å². The van der Waals surface area contributed by atoms with Crippen molar-refractivity contribution in [1.82, 2.24) is 4.90 Å². The Hall–Kier alpha value is -0.0500. The molecule has 1 aliphatic carbocycles. The molecule has 0 heterocycles. The summed E-state index contributed by atoms with van der Waals surface area (Å²) < 4.78 is 0. The molecule has 1 amide bonds. The zero-order valence-corrected chi connectivity index (χ0v) is 7.73. The maximum Gasteiger partial charge on any atom is 0.289 e. The Morgan fingerprint density at radius 1 is 1.50 bits per heavy atom. The first-order valence-electron chi connectivity index (χ1n) is 3.64. The van der Waals surface area contributed by atoms with Crippen molar-refractivity contribution >= 4 is 20.7 Å². The average molecular weight is 206 g/mol. The summed E-state index contributed by atoms with van der Waals surface area (Å²) in [7, 11) is 1.85. The normalized spacial score (nSPS) is 19.4. The minimum Gasteiger partial charge on any atom is -0.333 e. The van der Waals surface area contributed by atoms with E-state index in [0.717, 1.165) is 0 Å². The Morgan fingerprint density at radius 3 is 2.40 bits per heavy atom. The van der Waals surface area contributed by atoms with Crippen molar-refractivity contribution in [1.29, 1.82) is 0 Å². The molecule has 2 nitrogen and oxygen atoms in total. The van der Waals surface area contributed by atoms with Crippen molar-refractivity contribution in [2.75, 3.05) is 7.05 Å². The zero-order valence-electron chi connectivity index (χ0n) is 6.14. The summed E-state index contributed by atoms with van der Waals surface area (Å²) in [6.45, 7) is 0. The lowest BCUT2D eigenvalue weighted by molar-refractivity contribution is 0.217. The van der Waals surface area contributed by atoms with E-state index in [1.54, 1.807) is 4.90 Å². The molecule has 1 fully saturated rings. The fourth-order valence-electron chi connectivity index (χ4n) is 1.44. The van der Waals surface area contributed by atoms with Crippen LogP contribution in [0.5, 0.6) is 0 Å². The first-order chi connectivity index (χ1) is 4.72. The van der Waals surface area contributed by atoms with Gasteiger partial charge < -0.3 is 4.90 Å². The summed E-state index contributed by atoms with van der Waals surface area (Å²) in [5.41, 5.74) is 0. The highest BCUT2D eigenvalue weighted by atomic mass is 79.9. The lowest BCUT2D eigenvalue weighted by Gasteiger charge is -2.20. The quantitative estimate of drug-likeness (QED) is 0.476. The third kappa shape index (κ3) is 1.72. The van der Waals surface area contributed by atoms with Gasteiger partial charge in [-0.05, 0) is 12.8 Å². The Kier molecular flexibility index (Phi) is 2.72. The van der Waals surface area contributed by atoms with Gasteiger partial charge >= 0.3 is 0 Å². The number of amides is 1. The second-order valence-corrected chi connectivity index (χ2v) is 3.48. The molecule has 0 bridgehead atoms. The van der Waals surface area contributed by atoms with Crippen LogP contribution in [0.15, 0.2) is 0 Å². The molecule has 0 saturated heterocycles. The molecular weight excluding hydrogens is 194 g/mol. The predicted octanol–water partition coefficient (Wildman–Crippen LogP) is 2.38. The van der Waals surface area contributed by atoms with Crippen LogP contribution in [-0.2, 0) is 0 Å². The first kappa shape index (κ1) is 8.05. The minimum absolute atomic E-state index is 0.0133. The second kappa shape index (κ2) is 3.37. The monoisotopic (exact) mass is 205 g/mol. The number of hydrogen-bond acceptors (Lipinski definition) is 1. The third-order valence-corrected chi connectivity index (χ3v) is 2.71. The molecule has 1 aliphatic rings. The minimum atomic E-state index is 0.0133. The molecule has 0 spiro atoms. The molecule has 58 valence electrons. The molecule has 10 heavy (non-hydrogen) atoms. The third-order valence-electron chi connectivity index (χ3n) is 2.15. The van der Waals surface area contributed by atoms with Gasteiger partial charge in [-0.15, -0.1) is 0 Å². The molecule has 3 heteroatoms. The van der Waals surface area contributed by atoms with Gasteiger partial charge in [-0.1, -0.05) is 12.8 Å². The zero-order chi connectivity index (χ0) is 7.56. The molecular formula is C7H12BrNO. The molecule has 1 saturated carbocycles. The van der Waals surface area contributed by atoms with Gasteiger partial charge in [0.25, 0.3) is 4.82 Å². The van der Waals surface area contributed by atoms with Gasteiger partial charge in [0.1, 0.15) is 0 Å². The number of rotatable bonds is 1. The van der Waals surface area contributed by atoms with E-state index < -0.39 is 0 Å². The van der Waals surface area contributed by atoms with Crippen molar-refractivity contribution in [2.24, 2.45) is 0 Å². The Labute approximate surface area is 69.7 Å². The van der Waals surface area contributed by atoms with Crippen molar-refractivity contribution in [3.8, 4) is 0 Å². The number of hydrogen-bond donors (Lipinski definition) is 0. The largest absolute Gasteiger partial charge is 0.333 e. The van der Waals surface area contributed by atoms with Crippen molar-refractivity contribution in [2.45, 2.75) is 31.7 Å². The highest BCUT2D eigenvalue weighted by molar-refractivity contribution is 9.18. The predicted molar refractivity (Wildman–Crippen MR) is 44.3 cm³/mol. The van der Waals surface area contributed by atoms with E-state index in [9.17, 15) is 4.79 Å². The van der Waals surface area contributed by atoms with Crippen LogP contribution < -0.4 is 0 Å². The van der Waals surface area contributed by atoms with E-state index in [4.69, 9.17) is 0 Å². The Morgan fingerprint density at radius 2 is 2.00 bits per heavy atom. The van der Waals surface area contributed by atoms with Gasteiger partial charge in [0.2, 0.25) is 0 Å². The van der Waals surface area contributed by atoms with E-state index in [1.165, 1.54) is 25.7 Å². The second-order valence-electron chi connectivity index (χ2n) is 2.80. The summed E-state index contributed by atoms with van der Waals surface area (Å²) in [5.74, 6) is 0. The maximum atomic E-state index is 10.8. The van der Waals surface area contributed by atoms with Crippen LogP contribution in [0, 0.1) is 0 Å². The fourth-order valence-corrected chi connectivity index (χ4v) is 1.72. The molecule has 0 radical (unpaired) electrons. The molecule has 1 rings (SSSR count). The van der Waals surface area contributed by atoms with E-state index in [0.29, 0.717) is 6.04 Å². The van der Waals surface area contributed by atoms with Crippen LogP contribution in [0.3, 0.4) is 0 Å². The standard InChI is InChI=1S/C7H12BrNO/c1-9(7(8)10)6-4-2-3-5-6/h6H,2-5H2,1H3. The summed E-state index contributed by atoms with van der Waals surface area (Å²) in [4.78, 5) is 12.6. The number of nitrogens with zero attached hydrogens (tertiary/aromatic N) is 1. The highest BCUT2D eigenvalue weighted by Crippen LogP contribution is 2.23. The molecule has 0 atom stereocenters. The first-order valence-corrected chi connectivity index (χ1v) is 4.43. The smallest absolute Gasteiger partial charge is 0.289 e. The van der Waals surface area contributed by atoms with E-state index in [-0.39, 0.29) is 4.82 Å². The van der Waals surface area contributed by atoms with Crippen molar-refractivity contribution < 1.29 is 4.79 Å². The number of carbonyl (C=O) groups is 1. The molecule has 0 unspecified atom stereocenters. The maximum absolute atomic E-state index is 10.8. The van der Waals surface area contributed by atoms with E-state index in [1.807, 2.05) is 7.05 Å². The topological polar surface area (TPSA) is 20.3 Å². The number of carbonyl (C=O) groups excluding carboxylic acids is 1. The SMILES string of the molecule is CN(C(=O)Br)C1CCCC1. The lowest BCUT2D eigenvalue weighted by Crippen LogP contribution is -2.30. The van der Waals surface area contributed by atoms with Gasteiger partial charge in [-0.2, -0.15) is 0 Å². The molecule has 0 aliphatic heterocycles. The van der Waals surface area contributed by atoms with Gasteiger partial charge in [0, 0.05) is 29.0 Å². The molecule has 0 aromatic heterocycles. The molecule has 0 N–H and O–H groups in total. The van der Waals surface area contributed by atoms with Gasteiger partial charge in [0.05, 0.1) is 0 Å².